The van der Waals surface area contributed by atoms with Crippen LogP contribution in [0.2, 0.25) is 5.02 Å². The number of carbonyl (C=O) groups is 2. The molecule has 1 unspecified atom stereocenters. The summed E-state index contributed by atoms with van der Waals surface area (Å²) >= 11 is 6.95. The minimum Gasteiger partial charge on any atom is -0.480 e. The van der Waals surface area contributed by atoms with E-state index in [1.807, 2.05) is 30.3 Å². The summed E-state index contributed by atoms with van der Waals surface area (Å²) in [5, 5.41) is 10.5. The molecule has 0 spiro atoms. The maximum Gasteiger partial charge on any atom is 0.410 e. The maximum absolute atomic E-state index is 13.1. The van der Waals surface area contributed by atoms with E-state index in [0.29, 0.717) is 16.4 Å². The van der Waals surface area contributed by atoms with Crippen LogP contribution in [0.15, 0.2) is 70.9 Å². The SMILES string of the molecule is O=C1OC([C@H]2C[C@@]2(NS(=O)(=O)c2ccc(-c3ccc(Cl)cc3)s2)C(=O)O)CN1Cc1ccccc1. The van der Waals surface area contributed by atoms with Gasteiger partial charge in [-0.2, -0.15) is 4.72 Å². The molecule has 1 aliphatic carbocycles. The van der Waals surface area contributed by atoms with Crippen molar-refractivity contribution < 1.29 is 27.9 Å². The van der Waals surface area contributed by atoms with E-state index < -0.39 is 39.6 Å². The minimum atomic E-state index is -4.13. The number of rotatable bonds is 8. The highest BCUT2D eigenvalue weighted by Crippen LogP contribution is 2.50. The third-order valence-electron chi connectivity index (χ3n) is 6.26. The van der Waals surface area contributed by atoms with Gasteiger partial charge in [0.2, 0.25) is 0 Å². The van der Waals surface area contributed by atoms with Crippen molar-refractivity contribution in [3.63, 3.8) is 0 Å². The quantitative estimate of drug-likeness (QED) is 0.449. The Hall–Kier alpha value is -2.92. The third-order valence-corrected chi connectivity index (χ3v) is 9.65. The van der Waals surface area contributed by atoms with Crippen molar-refractivity contribution in [2.24, 2.45) is 5.92 Å². The van der Waals surface area contributed by atoms with Gasteiger partial charge >= 0.3 is 12.1 Å². The molecule has 5 rings (SSSR count). The smallest absolute Gasteiger partial charge is 0.410 e. The van der Waals surface area contributed by atoms with Crippen molar-refractivity contribution in [1.82, 2.24) is 9.62 Å². The number of hydrogen-bond donors (Lipinski definition) is 2. The van der Waals surface area contributed by atoms with E-state index in [1.54, 1.807) is 30.3 Å². The zero-order valence-corrected chi connectivity index (χ0v) is 20.6. The van der Waals surface area contributed by atoms with Gasteiger partial charge in [-0.05, 0) is 41.8 Å². The van der Waals surface area contributed by atoms with Crippen molar-refractivity contribution in [3.05, 3.63) is 77.3 Å². The Kier molecular flexibility index (Phi) is 6.08. The van der Waals surface area contributed by atoms with Gasteiger partial charge in [0, 0.05) is 22.4 Å². The topological polar surface area (TPSA) is 113 Å². The second kappa shape index (κ2) is 8.94. The summed E-state index contributed by atoms with van der Waals surface area (Å²) in [7, 11) is -4.13. The molecular formula is C24H21ClN2O6S2. The van der Waals surface area contributed by atoms with Crippen molar-refractivity contribution >= 4 is 45.0 Å². The molecule has 0 bridgehead atoms. The van der Waals surface area contributed by atoms with E-state index in [2.05, 4.69) is 4.72 Å². The number of cyclic esters (lactones) is 1. The normalized spacial score (nSPS) is 23.8. The Bertz CT molecular complexity index is 1380. The molecule has 1 aromatic heterocycles. The molecular weight excluding hydrogens is 512 g/mol. The lowest BCUT2D eigenvalue weighted by Crippen LogP contribution is -2.46. The van der Waals surface area contributed by atoms with Crippen LogP contribution in [-0.2, 0) is 26.1 Å². The molecule has 11 heteroatoms. The van der Waals surface area contributed by atoms with Gasteiger partial charge < -0.3 is 14.7 Å². The number of nitrogens with zero attached hydrogens (tertiary/aromatic N) is 1. The fourth-order valence-electron chi connectivity index (χ4n) is 4.34. The highest BCUT2D eigenvalue weighted by atomic mass is 35.5. The van der Waals surface area contributed by atoms with Crippen LogP contribution in [0.5, 0.6) is 0 Å². The Labute approximate surface area is 211 Å². The maximum atomic E-state index is 13.1. The molecule has 182 valence electrons. The Morgan fingerprint density at radius 3 is 2.54 bits per heavy atom. The van der Waals surface area contributed by atoms with E-state index in [9.17, 15) is 23.1 Å². The second-order valence-electron chi connectivity index (χ2n) is 8.61. The molecule has 0 radical (unpaired) electrons. The molecule has 2 aromatic carbocycles. The summed E-state index contributed by atoms with van der Waals surface area (Å²) in [6.45, 7) is 0.520. The summed E-state index contributed by atoms with van der Waals surface area (Å²) in [6.07, 6.45) is -1.23. The van der Waals surface area contributed by atoms with Crippen LogP contribution >= 0.6 is 22.9 Å². The van der Waals surface area contributed by atoms with Gasteiger partial charge in [-0.15, -0.1) is 11.3 Å². The van der Waals surface area contributed by atoms with Gasteiger partial charge in [0.05, 0.1) is 6.54 Å². The van der Waals surface area contributed by atoms with Crippen LogP contribution in [0, 0.1) is 5.92 Å². The monoisotopic (exact) mass is 532 g/mol. The minimum absolute atomic E-state index is 0.00264. The number of sulfonamides is 1. The van der Waals surface area contributed by atoms with E-state index in [0.717, 1.165) is 22.5 Å². The van der Waals surface area contributed by atoms with Crippen LogP contribution in [0.4, 0.5) is 4.79 Å². The number of amides is 1. The molecule has 2 heterocycles. The Balaban J connectivity index is 1.30. The van der Waals surface area contributed by atoms with Crippen LogP contribution in [0.25, 0.3) is 10.4 Å². The predicted molar refractivity (Wildman–Crippen MR) is 131 cm³/mol. The number of nitrogens with one attached hydrogen (secondary N) is 1. The second-order valence-corrected chi connectivity index (χ2v) is 12.0. The fraction of sp³-hybridized carbons (Fsp3) is 0.250. The van der Waals surface area contributed by atoms with Crippen molar-refractivity contribution in [3.8, 4) is 10.4 Å². The third kappa shape index (κ3) is 4.66. The lowest BCUT2D eigenvalue weighted by atomic mass is 10.1. The number of ether oxygens (including phenoxy) is 1. The van der Waals surface area contributed by atoms with Crippen LogP contribution in [0.3, 0.4) is 0 Å². The Morgan fingerprint density at radius 2 is 1.86 bits per heavy atom. The van der Waals surface area contributed by atoms with Crippen LogP contribution in [-0.4, -0.2) is 48.7 Å². The first-order valence-corrected chi connectivity index (χ1v) is 13.5. The van der Waals surface area contributed by atoms with Gasteiger partial charge in [0.15, 0.2) is 0 Å². The molecule has 2 fully saturated rings. The summed E-state index contributed by atoms with van der Waals surface area (Å²) in [6, 6.07) is 19.5. The summed E-state index contributed by atoms with van der Waals surface area (Å²) in [5.74, 6) is -1.96. The first kappa shape index (κ1) is 23.8. The van der Waals surface area contributed by atoms with Crippen molar-refractivity contribution in [1.29, 1.82) is 0 Å². The highest BCUT2D eigenvalue weighted by Gasteiger charge is 2.67. The lowest BCUT2D eigenvalue weighted by molar-refractivity contribution is -0.141. The fourth-order valence-corrected chi connectivity index (χ4v) is 7.19. The molecule has 35 heavy (non-hydrogen) atoms. The number of aliphatic carboxylic acids is 1. The molecule has 3 atom stereocenters. The number of hydrogen-bond acceptors (Lipinski definition) is 6. The van der Waals surface area contributed by atoms with Gasteiger partial charge in [-0.3, -0.25) is 4.79 Å². The average molecular weight is 533 g/mol. The largest absolute Gasteiger partial charge is 0.480 e. The molecule has 3 aromatic rings. The summed E-state index contributed by atoms with van der Waals surface area (Å²) in [4.78, 5) is 26.8. The number of carboxylic acids is 1. The summed E-state index contributed by atoms with van der Waals surface area (Å²) < 4.78 is 34.1. The standard InChI is InChI=1S/C24H21ClN2O6S2/c25-17-8-6-16(7-9-17)20-10-11-21(34-20)35(31,32)26-24(22(28)29)12-18(24)19-14-27(23(30)33-19)13-15-4-2-1-3-5-15/h1-11,18-19,26H,12-14H2,(H,28,29)/t18-,19?,24+/m1/s1. The van der Waals surface area contributed by atoms with Crippen LogP contribution in [0.1, 0.15) is 12.0 Å². The molecule has 1 aliphatic heterocycles. The van der Waals surface area contributed by atoms with E-state index in [1.165, 1.54) is 11.0 Å². The van der Waals surface area contributed by atoms with Gasteiger partial charge in [-0.1, -0.05) is 54.1 Å². The number of carbonyl (C=O) groups excluding carboxylic acids is 1. The first-order chi connectivity index (χ1) is 16.7. The van der Waals surface area contributed by atoms with Crippen molar-refractivity contribution in [2.75, 3.05) is 6.54 Å². The lowest BCUT2D eigenvalue weighted by Gasteiger charge is -2.17. The summed E-state index contributed by atoms with van der Waals surface area (Å²) in [5.41, 5.74) is -0.00787. The molecule has 2 aliphatic rings. The number of carboxylic acid groups (broad SMARTS) is 1. The van der Waals surface area contributed by atoms with E-state index >= 15 is 0 Å². The van der Waals surface area contributed by atoms with Gasteiger partial charge in [0.25, 0.3) is 10.0 Å². The molecule has 8 nitrogen and oxygen atoms in total. The van der Waals surface area contributed by atoms with Crippen molar-refractivity contribution in [2.45, 2.75) is 28.8 Å². The number of thiophene rings is 1. The van der Waals surface area contributed by atoms with Gasteiger partial charge in [-0.25, -0.2) is 13.2 Å². The number of halogens is 1. The predicted octanol–water partition coefficient (Wildman–Crippen LogP) is 4.21. The number of benzene rings is 2. The zero-order valence-electron chi connectivity index (χ0n) is 18.3. The molecule has 1 saturated heterocycles. The van der Waals surface area contributed by atoms with E-state index in [4.69, 9.17) is 16.3 Å². The zero-order chi connectivity index (χ0) is 24.8. The van der Waals surface area contributed by atoms with Gasteiger partial charge in [0.1, 0.15) is 15.9 Å². The average Bonchev–Trinajstić information content (AvgIpc) is 3.15. The Morgan fingerprint density at radius 1 is 1.14 bits per heavy atom. The first-order valence-electron chi connectivity index (χ1n) is 10.8. The highest BCUT2D eigenvalue weighted by molar-refractivity contribution is 7.91. The molecule has 1 amide bonds. The van der Waals surface area contributed by atoms with E-state index in [-0.39, 0.29) is 17.2 Å². The van der Waals surface area contributed by atoms with Crippen LogP contribution < -0.4 is 4.72 Å². The molecule has 1 saturated carbocycles. The molecule has 2 N–H and O–H groups in total.